The molecule has 0 unspecified atom stereocenters. The van der Waals surface area contributed by atoms with Crippen LogP contribution in [0.15, 0.2) is 12.2 Å². The van der Waals surface area contributed by atoms with Crippen molar-refractivity contribution in [2.75, 3.05) is 0 Å². The quantitative estimate of drug-likeness (QED) is 0.445. The minimum Gasteiger partial charge on any atom is -0.299 e. The molecule has 0 amide bonds. The van der Waals surface area contributed by atoms with Gasteiger partial charge in [0.25, 0.3) is 0 Å². The predicted molar refractivity (Wildman–Crippen MR) is 35.0 cm³/mol. The summed E-state index contributed by atoms with van der Waals surface area (Å²) in [7, 11) is 0. The van der Waals surface area contributed by atoms with E-state index >= 15 is 0 Å². The van der Waals surface area contributed by atoms with Crippen LogP contribution in [-0.4, -0.2) is 5.78 Å². The van der Waals surface area contributed by atoms with Gasteiger partial charge in [-0.05, 0) is 18.8 Å². The Labute approximate surface area is 54.8 Å². The molecular weight excluding hydrogens is 112 g/mol. The lowest BCUT2D eigenvalue weighted by Crippen LogP contribution is -2.06. The highest BCUT2D eigenvalue weighted by Gasteiger charge is 2.34. The van der Waals surface area contributed by atoms with E-state index in [1.165, 1.54) is 0 Å². The van der Waals surface area contributed by atoms with Crippen molar-refractivity contribution in [3.05, 3.63) is 12.2 Å². The molecule has 1 saturated carbocycles. The van der Waals surface area contributed by atoms with E-state index in [2.05, 4.69) is 12.2 Å². The van der Waals surface area contributed by atoms with Gasteiger partial charge in [0.15, 0.2) is 0 Å². The minimum atomic E-state index is 0.324. The monoisotopic (exact) mass is 122 g/mol. The second-order valence-electron chi connectivity index (χ2n) is 2.95. The highest BCUT2D eigenvalue weighted by molar-refractivity contribution is 5.85. The van der Waals surface area contributed by atoms with E-state index in [1.807, 2.05) is 0 Å². The van der Waals surface area contributed by atoms with Crippen LogP contribution < -0.4 is 0 Å². The summed E-state index contributed by atoms with van der Waals surface area (Å²) >= 11 is 0. The lowest BCUT2D eigenvalue weighted by atomic mass is 10.00. The average molecular weight is 122 g/mol. The number of Topliss-reactive ketones (excluding diaryl/α,β-unsaturated/α-hetero) is 1. The molecule has 0 saturated heterocycles. The van der Waals surface area contributed by atoms with Crippen molar-refractivity contribution < 1.29 is 4.79 Å². The van der Waals surface area contributed by atoms with E-state index in [-0.39, 0.29) is 0 Å². The van der Waals surface area contributed by atoms with E-state index in [4.69, 9.17) is 0 Å². The number of hydrogen-bond acceptors (Lipinski definition) is 1. The van der Waals surface area contributed by atoms with Crippen molar-refractivity contribution in [2.24, 2.45) is 11.8 Å². The Morgan fingerprint density at radius 3 is 3.22 bits per heavy atom. The maximum absolute atomic E-state index is 11.0. The van der Waals surface area contributed by atoms with Crippen LogP contribution in [0, 0.1) is 11.8 Å². The molecule has 0 radical (unpaired) electrons. The highest BCUT2D eigenvalue weighted by atomic mass is 16.1. The number of carbonyl (C=O) groups is 1. The third-order valence-electron chi connectivity index (χ3n) is 2.42. The van der Waals surface area contributed by atoms with Gasteiger partial charge in [-0.2, -0.15) is 0 Å². The molecule has 0 aromatic heterocycles. The zero-order valence-corrected chi connectivity index (χ0v) is 5.34. The maximum atomic E-state index is 11.0. The van der Waals surface area contributed by atoms with E-state index in [9.17, 15) is 4.79 Å². The van der Waals surface area contributed by atoms with Crippen molar-refractivity contribution >= 4 is 5.78 Å². The molecule has 0 aliphatic heterocycles. The van der Waals surface area contributed by atoms with Crippen LogP contribution >= 0.6 is 0 Å². The normalized spacial score (nSPS) is 39.8. The Hall–Kier alpha value is -0.590. The Balaban J connectivity index is 2.24. The van der Waals surface area contributed by atoms with E-state index in [0.29, 0.717) is 17.6 Å². The van der Waals surface area contributed by atoms with Gasteiger partial charge < -0.3 is 0 Å². The Morgan fingerprint density at radius 2 is 2.44 bits per heavy atom. The van der Waals surface area contributed by atoms with E-state index < -0.39 is 0 Å². The van der Waals surface area contributed by atoms with Crippen LogP contribution in [0.1, 0.15) is 19.3 Å². The Morgan fingerprint density at radius 1 is 1.56 bits per heavy atom. The lowest BCUT2D eigenvalue weighted by molar-refractivity contribution is -0.119. The Kier molecular flexibility index (Phi) is 0.981. The Bertz CT molecular complexity index is 169. The standard InChI is InChI=1S/C8H10O/c9-8-5-4-6-2-1-3-7(6)8/h1,3,6-7H,2,4-5H2/t6-,7-/m1/s1. The molecule has 48 valence electrons. The fraction of sp³-hybridized carbons (Fsp3) is 0.625. The van der Waals surface area contributed by atoms with Gasteiger partial charge in [0.05, 0.1) is 0 Å². The first-order valence-corrected chi connectivity index (χ1v) is 3.57. The highest BCUT2D eigenvalue weighted by Crippen LogP contribution is 2.36. The summed E-state index contributed by atoms with van der Waals surface area (Å²) < 4.78 is 0. The predicted octanol–water partition coefficient (Wildman–Crippen LogP) is 1.54. The first-order chi connectivity index (χ1) is 4.38. The minimum absolute atomic E-state index is 0.324. The van der Waals surface area contributed by atoms with Crippen LogP contribution in [0.3, 0.4) is 0 Å². The zero-order chi connectivity index (χ0) is 6.27. The largest absolute Gasteiger partial charge is 0.299 e. The summed E-state index contributed by atoms with van der Waals surface area (Å²) in [6, 6.07) is 0. The van der Waals surface area contributed by atoms with Gasteiger partial charge in [0, 0.05) is 12.3 Å². The molecule has 0 aromatic rings. The smallest absolute Gasteiger partial charge is 0.140 e. The summed E-state index contributed by atoms with van der Waals surface area (Å²) in [6.45, 7) is 0. The molecule has 1 nitrogen and oxygen atoms in total. The number of rotatable bonds is 0. The van der Waals surface area contributed by atoms with Crippen molar-refractivity contribution in [1.29, 1.82) is 0 Å². The molecule has 1 fully saturated rings. The second-order valence-corrected chi connectivity index (χ2v) is 2.95. The van der Waals surface area contributed by atoms with Crippen LogP contribution in [0.4, 0.5) is 0 Å². The molecule has 1 heteroatoms. The summed E-state index contributed by atoms with van der Waals surface area (Å²) in [5, 5.41) is 0. The number of allylic oxidation sites excluding steroid dienone is 2. The fourth-order valence-electron chi connectivity index (χ4n) is 1.87. The third kappa shape index (κ3) is 0.640. The molecule has 0 heterocycles. The van der Waals surface area contributed by atoms with Gasteiger partial charge in [-0.1, -0.05) is 12.2 Å². The number of fused-ring (bicyclic) bond motifs is 1. The number of hydrogen-bond donors (Lipinski definition) is 0. The number of ketones is 1. The SMILES string of the molecule is O=C1CC[C@H]2CC=C[C@@H]12. The molecule has 0 aromatic carbocycles. The summed E-state index contributed by atoms with van der Waals surface area (Å²) in [4.78, 5) is 11.0. The van der Waals surface area contributed by atoms with Crippen LogP contribution in [0.25, 0.3) is 0 Å². The van der Waals surface area contributed by atoms with Crippen LogP contribution in [0.5, 0.6) is 0 Å². The first kappa shape index (κ1) is 5.21. The van der Waals surface area contributed by atoms with Crippen molar-refractivity contribution in [1.82, 2.24) is 0 Å². The van der Waals surface area contributed by atoms with E-state index in [0.717, 1.165) is 19.3 Å². The van der Waals surface area contributed by atoms with Gasteiger partial charge in [-0.3, -0.25) is 4.79 Å². The van der Waals surface area contributed by atoms with Crippen molar-refractivity contribution in [2.45, 2.75) is 19.3 Å². The van der Waals surface area contributed by atoms with Crippen LogP contribution in [0.2, 0.25) is 0 Å². The molecule has 0 bridgehead atoms. The zero-order valence-electron chi connectivity index (χ0n) is 5.34. The summed E-state index contributed by atoms with van der Waals surface area (Å²) in [6.07, 6.45) is 7.35. The molecule has 2 atom stereocenters. The molecule has 2 aliphatic carbocycles. The molecule has 2 rings (SSSR count). The van der Waals surface area contributed by atoms with Crippen molar-refractivity contribution in [3.8, 4) is 0 Å². The van der Waals surface area contributed by atoms with Gasteiger partial charge in [-0.15, -0.1) is 0 Å². The van der Waals surface area contributed by atoms with Gasteiger partial charge in [0.2, 0.25) is 0 Å². The molecule has 0 spiro atoms. The molecule has 2 aliphatic rings. The van der Waals surface area contributed by atoms with Gasteiger partial charge >= 0.3 is 0 Å². The second kappa shape index (κ2) is 1.69. The van der Waals surface area contributed by atoms with Gasteiger partial charge in [-0.25, -0.2) is 0 Å². The maximum Gasteiger partial charge on any atom is 0.140 e. The summed E-state index contributed by atoms with van der Waals surface area (Å²) in [5.74, 6) is 1.48. The van der Waals surface area contributed by atoms with Crippen molar-refractivity contribution in [3.63, 3.8) is 0 Å². The van der Waals surface area contributed by atoms with Gasteiger partial charge in [0.1, 0.15) is 5.78 Å². The first-order valence-electron chi connectivity index (χ1n) is 3.57. The van der Waals surface area contributed by atoms with Crippen LogP contribution in [-0.2, 0) is 4.79 Å². The fourth-order valence-corrected chi connectivity index (χ4v) is 1.87. The number of carbonyl (C=O) groups excluding carboxylic acids is 1. The lowest BCUT2D eigenvalue weighted by Gasteiger charge is -2.03. The average Bonchev–Trinajstić information content (AvgIpc) is 2.35. The molecule has 0 N–H and O–H groups in total. The molecule has 9 heavy (non-hydrogen) atoms. The third-order valence-corrected chi connectivity index (χ3v) is 2.42. The summed E-state index contributed by atoms with van der Waals surface area (Å²) in [5.41, 5.74) is 0. The molecular formula is C8H10O. The van der Waals surface area contributed by atoms with E-state index in [1.54, 1.807) is 0 Å². The topological polar surface area (TPSA) is 17.1 Å².